The second-order valence-electron chi connectivity index (χ2n) is 7.13. The molecule has 0 radical (unpaired) electrons. The van der Waals surface area contributed by atoms with Gasteiger partial charge in [0.15, 0.2) is 17.5 Å². The number of carbonyl (C=O) groups is 1. The van der Waals surface area contributed by atoms with Crippen LogP contribution < -0.4 is 5.32 Å². The Kier molecular flexibility index (Phi) is 8.67. The van der Waals surface area contributed by atoms with Gasteiger partial charge in [0.2, 0.25) is 0 Å². The summed E-state index contributed by atoms with van der Waals surface area (Å²) in [6.45, 7) is 1.33. The van der Waals surface area contributed by atoms with Gasteiger partial charge in [-0.25, -0.2) is 13.7 Å². The normalized spacial score (nSPS) is 34.4. The molecule has 0 saturated carbocycles. The molecule has 2 aliphatic heterocycles. The molecule has 1 saturated heterocycles. The maximum atomic E-state index is 12.4. The van der Waals surface area contributed by atoms with Crippen molar-refractivity contribution in [2.24, 2.45) is 11.1 Å². The Balaban J connectivity index is 2.10. The molecule has 0 aromatic heterocycles. The lowest BCUT2D eigenvalue weighted by molar-refractivity contribution is -0.0624. The number of amidine groups is 1. The Morgan fingerprint density at radius 1 is 1.18 bits per heavy atom. The molecule has 8 N–H and O–H groups in total. The van der Waals surface area contributed by atoms with Crippen LogP contribution >= 0.6 is 23.0 Å². The lowest BCUT2D eigenvalue weighted by Crippen LogP contribution is -2.49. The standard InChI is InChI=1S/C13H24N3O14P3/c1-6-3-4-16(13(19)14-11(6)15-20)12-10(18)9(17)8(29-12)5-28-31(21,22)7(2)32(23,24)30-33(25,26)27/h3-4,6-10,12,17-18,20H,5H2,1-2H3,(H,21,22)(H,23,24)(H,14,15,19)(H2,25,26,27)/t6-,7+,8-,9-,10?,12?/m1/s1. The summed E-state index contributed by atoms with van der Waals surface area (Å²) >= 11 is 0. The molecule has 20 heteroatoms. The summed E-state index contributed by atoms with van der Waals surface area (Å²) in [5.74, 6) is -0.634. The van der Waals surface area contributed by atoms with Crippen molar-refractivity contribution >= 4 is 34.9 Å². The molecule has 0 bridgehead atoms. The molecule has 2 rings (SSSR count). The van der Waals surface area contributed by atoms with Crippen molar-refractivity contribution in [2.75, 3.05) is 6.61 Å². The predicted octanol–water partition coefficient (Wildman–Crippen LogP) is -0.761. The average Bonchev–Trinajstić information content (AvgIpc) is 2.87. The van der Waals surface area contributed by atoms with Gasteiger partial charge in [-0.2, -0.15) is 0 Å². The Hall–Kier alpha value is -1.19. The van der Waals surface area contributed by atoms with Crippen molar-refractivity contribution in [3.8, 4) is 0 Å². The molecule has 0 aliphatic carbocycles. The number of amides is 2. The van der Waals surface area contributed by atoms with Gasteiger partial charge in [0, 0.05) is 12.1 Å². The number of hydrogen-bond donors (Lipinski definition) is 8. The summed E-state index contributed by atoms with van der Waals surface area (Å²) in [6.07, 6.45) is -3.87. The number of hydrogen-bond acceptors (Lipinski definition) is 11. The van der Waals surface area contributed by atoms with Gasteiger partial charge in [-0.3, -0.25) is 19.3 Å². The highest BCUT2D eigenvalue weighted by molar-refractivity contribution is 7.75. The molecule has 17 nitrogen and oxygen atoms in total. The highest BCUT2D eigenvalue weighted by Crippen LogP contribution is 2.70. The van der Waals surface area contributed by atoms with Gasteiger partial charge in [0.25, 0.3) is 0 Å². The molecular weight excluding hydrogens is 515 g/mol. The first-order valence-corrected chi connectivity index (χ1v) is 13.9. The summed E-state index contributed by atoms with van der Waals surface area (Å²) in [4.78, 5) is 50.1. The van der Waals surface area contributed by atoms with E-state index in [2.05, 4.69) is 14.8 Å². The van der Waals surface area contributed by atoms with Crippen molar-refractivity contribution in [3.05, 3.63) is 12.3 Å². The van der Waals surface area contributed by atoms with E-state index < -0.39 is 71.5 Å². The zero-order valence-electron chi connectivity index (χ0n) is 17.1. The molecule has 33 heavy (non-hydrogen) atoms. The monoisotopic (exact) mass is 539 g/mol. The number of aliphatic hydroxyl groups is 2. The van der Waals surface area contributed by atoms with Gasteiger partial charge in [0.1, 0.15) is 18.3 Å². The first-order valence-electron chi connectivity index (χ1n) is 9.07. The number of nitrogens with one attached hydrogen (secondary N) is 1. The minimum absolute atomic E-state index is 0.104. The molecule has 2 amide bonds. The van der Waals surface area contributed by atoms with Crippen LogP contribution in [0.5, 0.6) is 0 Å². The second-order valence-corrected chi connectivity index (χ2v) is 13.2. The van der Waals surface area contributed by atoms with Crippen LogP contribution in [0.2, 0.25) is 0 Å². The molecule has 1 fully saturated rings. The van der Waals surface area contributed by atoms with Gasteiger partial charge in [-0.1, -0.05) is 18.2 Å². The minimum Gasteiger partial charge on any atom is -0.409 e. The molecule has 0 aromatic carbocycles. The van der Waals surface area contributed by atoms with Crippen molar-refractivity contribution in [3.63, 3.8) is 0 Å². The summed E-state index contributed by atoms with van der Waals surface area (Å²) in [7, 11) is -15.9. The molecule has 0 spiro atoms. The number of rotatable bonds is 8. The van der Waals surface area contributed by atoms with Crippen LogP contribution in [-0.4, -0.2) is 88.3 Å². The molecule has 190 valence electrons. The van der Waals surface area contributed by atoms with Crippen LogP contribution in [-0.2, 0) is 27.3 Å². The van der Waals surface area contributed by atoms with Gasteiger partial charge in [-0.15, -0.1) is 0 Å². The quantitative estimate of drug-likeness (QED) is 0.107. The zero-order valence-corrected chi connectivity index (χ0v) is 19.7. The average molecular weight is 539 g/mol. The van der Waals surface area contributed by atoms with E-state index in [1.54, 1.807) is 6.92 Å². The van der Waals surface area contributed by atoms with Crippen molar-refractivity contribution < 1.29 is 67.1 Å². The van der Waals surface area contributed by atoms with Gasteiger partial charge in [0.05, 0.1) is 6.61 Å². The maximum Gasteiger partial charge on any atom is 0.476 e. The van der Waals surface area contributed by atoms with Crippen LogP contribution in [0.4, 0.5) is 4.79 Å². The molecule has 2 heterocycles. The Labute approximate surface area is 186 Å². The minimum atomic E-state index is -5.49. The highest BCUT2D eigenvalue weighted by Gasteiger charge is 2.50. The second kappa shape index (κ2) is 10.2. The van der Waals surface area contributed by atoms with E-state index in [4.69, 9.17) is 24.3 Å². The Morgan fingerprint density at radius 3 is 2.33 bits per heavy atom. The summed E-state index contributed by atoms with van der Waals surface area (Å²) in [5, 5.41) is 32.3. The fourth-order valence-corrected chi connectivity index (χ4v) is 7.17. The van der Waals surface area contributed by atoms with Crippen LogP contribution in [0.3, 0.4) is 0 Å². The highest BCUT2D eigenvalue weighted by atomic mass is 31.3. The van der Waals surface area contributed by atoms with Crippen molar-refractivity contribution in [2.45, 2.75) is 43.8 Å². The van der Waals surface area contributed by atoms with Crippen LogP contribution in [0.25, 0.3) is 0 Å². The third-order valence-corrected chi connectivity index (χ3v) is 10.7. The fourth-order valence-electron chi connectivity index (χ4n) is 2.77. The largest absolute Gasteiger partial charge is 0.476 e. The number of urea groups is 1. The molecule has 2 aliphatic rings. The first-order chi connectivity index (χ1) is 15.0. The first kappa shape index (κ1) is 28.1. The molecular formula is C13H24N3O14P3. The fraction of sp³-hybridized carbons (Fsp3) is 0.692. The lowest BCUT2D eigenvalue weighted by Gasteiger charge is -2.26. The maximum absolute atomic E-state index is 12.4. The number of ether oxygens (including phenoxy) is 1. The number of carbonyl (C=O) groups excluding carboxylic acids is 1. The van der Waals surface area contributed by atoms with Crippen LogP contribution in [0, 0.1) is 5.92 Å². The Morgan fingerprint density at radius 2 is 1.79 bits per heavy atom. The van der Waals surface area contributed by atoms with E-state index in [0.29, 0.717) is 6.92 Å². The molecule has 8 atom stereocenters. The summed E-state index contributed by atoms with van der Waals surface area (Å²) < 4.78 is 48.8. The summed E-state index contributed by atoms with van der Waals surface area (Å²) in [6, 6.07) is -0.890. The van der Waals surface area contributed by atoms with Gasteiger partial charge < -0.3 is 44.3 Å². The van der Waals surface area contributed by atoms with E-state index in [1.165, 1.54) is 12.3 Å². The number of phosphoric acid groups is 1. The summed E-state index contributed by atoms with van der Waals surface area (Å²) in [5.41, 5.74) is 0. The smallest absolute Gasteiger partial charge is 0.409 e. The van der Waals surface area contributed by atoms with Crippen LogP contribution in [0.1, 0.15) is 13.8 Å². The predicted molar refractivity (Wildman–Crippen MR) is 107 cm³/mol. The van der Waals surface area contributed by atoms with Crippen molar-refractivity contribution in [1.29, 1.82) is 0 Å². The van der Waals surface area contributed by atoms with E-state index in [0.717, 1.165) is 4.90 Å². The topological polar surface area (TPSA) is 265 Å². The molecule has 0 aromatic rings. The van der Waals surface area contributed by atoms with Crippen molar-refractivity contribution in [1.82, 2.24) is 10.2 Å². The molecule has 4 unspecified atom stereocenters. The van der Waals surface area contributed by atoms with E-state index in [-0.39, 0.29) is 5.84 Å². The third-order valence-electron chi connectivity index (χ3n) is 4.75. The zero-order chi connectivity index (χ0) is 25.4. The van der Waals surface area contributed by atoms with E-state index in [1.807, 2.05) is 0 Å². The Bertz CT molecular complexity index is 952. The SMILES string of the molecule is C[C@@H](P(=O)(O)OC[C@H]1OC(N2C=C[C@@H](C)C(=NO)NC2=O)C(O)[C@@H]1O)P(=O)(O)OP(=O)(O)O. The lowest BCUT2D eigenvalue weighted by atomic mass is 10.1. The van der Waals surface area contributed by atoms with Gasteiger partial charge >= 0.3 is 29.0 Å². The number of nitrogens with zero attached hydrogens (tertiary/aromatic N) is 2. The van der Waals surface area contributed by atoms with Gasteiger partial charge in [-0.05, 0) is 6.92 Å². The van der Waals surface area contributed by atoms with Crippen LogP contribution in [0.15, 0.2) is 17.4 Å². The van der Waals surface area contributed by atoms with E-state index >= 15 is 0 Å². The number of oxime groups is 1. The van der Waals surface area contributed by atoms with E-state index in [9.17, 15) is 38.5 Å². The third kappa shape index (κ3) is 6.69. The number of aliphatic hydroxyl groups excluding tert-OH is 2.